The first-order chi connectivity index (χ1) is 9.38. The number of ether oxygens (including phenoxy) is 1. The third kappa shape index (κ3) is 3.79. The summed E-state index contributed by atoms with van der Waals surface area (Å²) in [6, 6.07) is 6.33. The predicted molar refractivity (Wildman–Crippen MR) is 76.1 cm³/mol. The molecule has 0 radical (unpaired) electrons. The molecule has 3 rings (SSSR count). The number of aryl methyl sites for hydroxylation is 1. The molecule has 1 aromatic carbocycles. The van der Waals surface area contributed by atoms with Gasteiger partial charge in [-0.05, 0) is 44.2 Å². The molecule has 0 aromatic heterocycles. The van der Waals surface area contributed by atoms with E-state index in [0.717, 1.165) is 18.1 Å². The summed E-state index contributed by atoms with van der Waals surface area (Å²) in [5, 5.41) is 0. The van der Waals surface area contributed by atoms with Gasteiger partial charge in [0.25, 0.3) is 10.1 Å². The quantitative estimate of drug-likeness (QED) is 0.771. The van der Waals surface area contributed by atoms with E-state index in [1.54, 1.807) is 12.1 Å². The number of rotatable bonds is 1. The summed E-state index contributed by atoms with van der Waals surface area (Å²) in [5.74, 6) is 0.806. The summed E-state index contributed by atoms with van der Waals surface area (Å²) in [6.07, 6.45) is 4.14. The topological polar surface area (TPSA) is 89.6 Å². The maximum Gasteiger partial charge on any atom is 0.294 e. The largest absolute Gasteiger partial charge is 0.376 e. The van der Waals surface area contributed by atoms with E-state index in [9.17, 15) is 8.42 Å². The van der Waals surface area contributed by atoms with Gasteiger partial charge >= 0.3 is 0 Å². The van der Waals surface area contributed by atoms with Crippen LogP contribution in [0.3, 0.4) is 0 Å². The van der Waals surface area contributed by atoms with Crippen molar-refractivity contribution < 1.29 is 17.7 Å². The van der Waals surface area contributed by atoms with E-state index >= 15 is 0 Å². The Hall–Kier alpha value is -0.950. The molecule has 1 aromatic rings. The Morgan fingerprint density at radius 3 is 2.40 bits per heavy atom. The van der Waals surface area contributed by atoms with Crippen LogP contribution in [-0.2, 0) is 14.9 Å². The van der Waals surface area contributed by atoms with E-state index in [4.69, 9.17) is 15.0 Å². The zero-order valence-corrected chi connectivity index (χ0v) is 12.3. The Balaban J connectivity index is 0.000000149. The molecule has 1 saturated carbocycles. The third-order valence-electron chi connectivity index (χ3n) is 3.88. The number of nitrogens with two attached hydrogens (primary N) is 1. The average Bonchev–Trinajstić information content (AvgIpc) is 2.95. The molecule has 112 valence electrons. The van der Waals surface area contributed by atoms with Crippen molar-refractivity contribution >= 4 is 10.1 Å². The van der Waals surface area contributed by atoms with Crippen LogP contribution < -0.4 is 5.73 Å². The van der Waals surface area contributed by atoms with Crippen molar-refractivity contribution in [3.8, 4) is 0 Å². The molecule has 0 amide bonds. The van der Waals surface area contributed by atoms with Gasteiger partial charge < -0.3 is 10.5 Å². The molecule has 2 aliphatic rings. The van der Waals surface area contributed by atoms with E-state index in [0.29, 0.717) is 12.1 Å². The monoisotopic (exact) mass is 299 g/mol. The first-order valence-electron chi connectivity index (χ1n) is 6.79. The first kappa shape index (κ1) is 15.4. The molecule has 1 aliphatic carbocycles. The highest BCUT2D eigenvalue weighted by molar-refractivity contribution is 7.85. The second-order valence-electron chi connectivity index (χ2n) is 5.41. The van der Waals surface area contributed by atoms with Crippen LogP contribution in [0, 0.1) is 12.8 Å². The Morgan fingerprint density at radius 2 is 1.85 bits per heavy atom. The van der Waals surface area contributed by atoms with E-state index in [-0.39, 0.29) is 4.90 Å². The van der Waals surface area contributed by atoms with Gasteiger partial charge in [0.05, 0.1) is 11.0 Å². The molecule has 0 bridgehead atoms. The molecule has 20 heavy (non-hydrogen) atoms. The Bertz CT molecular complexity index is 541. The summed E-state index contributed by atoms with van der Waals surface area (Å²) < 4.78 is 35.0. The molecular formula is C14H21NO4S. The SMILES string of the molecule is Cc1ccc(S(=O)(=O)O)cc1.NC1CCC2CCOC12. The summed E-state index contributed by atoms with van der Waals surface area (Å²) in [5.41, 5.74) is 6.75. The number of hydrogen-bond acceptors (Lipinski definition) is 4. The highest BCUT2D eigenvalue weighted by Crippen LogP contribution is 2.34. The van der Waals surface area contributed by atoms with Gasteiger partial charge in [-0.15, -0.1) is 0 Å². The standard InChI is InChI=1S/C7H13NO.C7H8O3S/c8-6-2-1-5-3-4-9-7(5)6;1-6-2-4-7(5-3-6)11(8,9)10/h5-7H,1-4,8H2;2-5H,1H3,(H,8,9,10). The number of benzene rings is 1. The third-order valence-corrected chi connectivity index (χ3v) is 4.74. The molecule has 3 N–H and O–H groups in total. The van der Waals surface area contributed by atoms with Gasteiger partial charge in [-0.25, -0.2) is 0 Å². The Kier molecular flexibility index (Phi) is 4.80. The van der Waals surface area contributed by atoms with Gasteiger partial charge in [0.1, 0.15) is 0 Å². The lowest BCUT2D eigenvalue weighted by Gasteiger charge is -2.11. The minimum absolute atomic E-state index is 0.0666. The van der Waals surface area contributed by atoms with Gasteiger partial charge in [0.15, 0.2) is 0 Å². The second-order valence-corrected chi connectivity index (χ2v) is 6.84. The van der Waals surface area contributed by atoms with Crippen molar-refractivity contribution in [2.24, 2.45) is 11.7 Å². The molecule has 1 saturated heterocycles. The average molecular weight is 299 g/mol. The van der Waals surface area contributed by atoms with Gasteiger partial charge in [-0.2, -0.15) is 8.42 Å². The summed E-state index contributed by atoms with van der Waals surface area (Å²) in [6.45, 7) is 2.79. The van der Waals surface area contributed by atoms with E-state index in [1.807, 2.05) is 6.92 Å². The lowest BCUT2D eigenvalue weighted by molar-refractivity contribution is 0.0900. The smallest absolute Gasteiger partial charge is 0.294 e. The van der Waals surface area contributed by atoms with Crippen molar-refractivity contribution in [1.82, 2.24) is 0 Å². The zero-order chi connectivity index (χ0) is 14.8. The Labute approximate surface area is 119 Å². The predicted octanol–water partition coefficient (Wildman–Crippen LogP) is 1.75. The van der Waals surface area contributed by atoms with Crippen LogP contribution in [0.2, 0.25) is 0 Å². The van der Waals surface area contributed by atoms with Gasteiger partial charge in [0, 0.05) is 12.6 Å². The molecular weight excluding hydrogens is 278 g/mol. The van der Waals surface area contributed by atoms with Gasteiger partial charge in [-0.1, -0.05) is 17.7 Å². The minimum atomic E-state index is -4.02. The highest BCUT2D eigenvalue weighted by Gasteiger charge is 2.38. The molecule has 2 fully saturated rings. The van der Waals surface area contributed by atoms with Crippen molar-refractivity contribution in [3.63, 3.8) is 0 Å². The van der Waals surface area contributed by atoms with Crippen LogP contribution in [0.15, 0.2) is 29.2 Å². The van der Waals surface area contributed by atoms with Crippen LogP contribution >= 0.6 is 0 Å². The number of hydrogen-bond donors (Lipinski definition) is 2. The fraction of sp³-hybridized carbons (Fsp3) is 0.571. The van der Waals surface area contributed by atoms with Crippen molar-refractivity contribution in [2.75, 3.05) is 6.61 Å². The Morgan fingerprint density at radius 1 is 1.20 bits per heavy atom. The van der Waals surface area contributed by atoms with Crippen molar-refractivity contribution in [3.05, 3.63) is 29.8 Å². The number of fused-ring (bicyclic) bond motifs is 1. The lowest BCUT2D eigenvalue weighted by atomic mass is 10.1. The minimum Gasteiger partial charge on any atom is -0.376 e. The molecule has 1 aliphatic heterocycles. The lowest BCUT2D eigenvalue weighted by Crippen LogP contribution is -2.31. The van der Waals surface area contributed by atoms with Gasteiger partial charge in [-0.3, -0.25) is 4.55 Å². The maximum absolute atomic E-state index is 10.5. The van der Waals surface area contributed by atoms with Crippen LogP contribution in [-0.4, -0.2) is 31.7 Å². The summed E-state index contributed by atoms with van der Waals surface area (Å²) in [7, 11) is -4.02. The van der Waals surface area contributed by atoms with Crippen LogP contribution in [0.25, 0.3) is 0 Å². The van der Waals surface area contributed by atoms with E-state index in [2.05, 4.69) is 0 Å². The molecule has 6 heteroatoms. The fourth-order valence-corrected chi connectivity index (χ4v) is 3.20. The molecule has 1 heterocycles. The maximum atomic E-state index is 10.5. The summed E-state index contributed by atoms with van der Waals surface area (Å²) >= 11 is 0. The zero-order valence-electron chi connectivity index (χ0n) is 11.5. The summed E-state index contributed by atoms with van der Waals surface area (Å²) in [4.78, 5) is -0.0666. The second kappa shape index (κ2) is 6.22. The van der Waals surface area contributed by atoms with Crippen LogP contribution in [0.4, 0.5) is 0 Å². The van der Waals surface area contributed by atoms with Crippen LogP contribution in [0.5, 0.6) is 0 Å². The van der Waals surface area contributed by atoms with Crippen LogP contribution in [0.1, 0.15) is 24.8 Å². The molecule has 0 spiro atoms. The van der Waals surface area contributed by atoms with E-state index < -0.39 is 10.1 Å². The molecule has 3 atom stereocenters. The van der Waals surface area contributed by atoms with E-state index in [1.165, 1.54) is 31.4 Å². The fourth-order valence-electron chi connectivity index (χ4n) is 2.72. The van der Waals surface area contributed by atoms with Gasteiger partial charge in [0.2, 0.25) is 0 Å². The van der Waals surface area contributed by atoms with Crippen molar-refractivity contribution in [1.29, 1.82) is 0 Å². The molecule has 5 nitrogen and oxygen atoms in total. The first-order valence-corrected chi connectivity index (χ1v) is 8.23. The highest BCUT2D eigenvalue weighted by atomic mass is 32.2. The van der Waals surface area contributed by atoms with Crippen molar-refractivity contribution in [2.45, 2.75) is 43.2 Å². The molecule has 3 unspecified atom stereocenters. The normalized spacial score (nSPS) is 28.6.